The lowest BCUT2D eigenvalue weighted by atomic mass is 10.1. The number of fused-ring (bicyclic) bond motifs is 1. The minimum absolute atomic E-state index is 0.339. The first-order chi connectivity index (χ1) is 12.7. The predicted octanol–water partition coefficient (Wildman–Crippen LogP) is 2.93. The number of nitrogens with one attached hydrogen (secondary N) is 1. The highest BCUT2D eigenvalue weighted by atomic mass is 35.5. The molecule has 0 spiro atoms. The molecule has 2 aromatic carbocycles. The Hall–Kier alpha value is -2.45. The third kappa shape index (κ3) is 3.81. The van der Waals surface area contributed by atoms with Gasteiger partial charge in [0.1, 0.15) is 11.5 Å². The third-order valence-electron chi connectivity index (χ3n) is 4.32. The van der Waals surface area contributed by atoms with Crippen LogP contribution in [-0.4, -0.2) is 41.3 Å². The van der Waals surface area contributed by atoms with Gasteiger partial charge in [-0.15, -0.1) is 0 Å². The number of hydrogen-bond acceptors (Lipinski definition) is 5. The summed E-state index contributed by atoms with van der Waals surface area (Å²) in [6, 6.07) is 8.08. The summed E-state index contributed by atoms with van der Waals surface area (Å²) in [5.74, 6) is 0.495. The number of rotatable bonds is 5. The molecule has 1 heterocycles. The maximum absolute atomic E-state index is 12.7. The van der Waals surface area contributed by atoms with E-state index in [1.807, 2.05) is 0 Å². The summed E-state index contributed by atoms with van der Waals surface area (Å²) in [6.07, 6.45) is 1.73. The van der Waals surface area contributed by atoms with Crippen molar-refractivity contribution in [2.45, 2.75) is 6.42 Å². The second-order valence-corrected chi connectivity index (χ2v) is 8.38. The molecule has 0 unspecified atom stereocenters. The molecule has 0 aromatic heterocycles. The fourth-order valence-electron chi connectivity index (χ4n) is 3.01. The molecule has 144 valence electrons. The van der Waals surface area contributed by atoms with E-state index in [1.54, 1.807) is 30.3 Å². The van der Waals surface area contributed by atoms with Crippen molar-refractivity contribution in [1.82, 2.24) is 0 Å². The minimum Gasteiger partial charge on any atom is -0.495 e. The van der Waals surface area contributed by atoms with Gasteiger partial charge < -0.3 is 14.8 Å². The average Bonchev–Trinajstić information content (AvgIpc) is 3.05. The number of sulfonamides is 1. The summed E-state index contributed by atoms with van der Waals surface area (Å²) < 4.78 is 35.4. The van der Waals surface area contributed by atoms with Crippen LogP contribution in [0.3, 0.4) is 0 Å². The normalized spacial score (nSPS) is 13.3. The van der Waals surface area contributed by atoms with Gasteiger partial charge >= 0.3 is 0 Å². The van der Waals surface area contributed by atoms with Gasteiger partial charge in [0.25, 0.3) is 5.91 Å². The van der Waals surface area contributed by atoms with E-state index >= 15 is 0 Å². The third-order valence-corrected chi connectivity index (χ3v) is 5.79. The van der Waals surface area contributed by atoms with Crippen molar-refractivity contribution < 1.29 is 22.7 Å². The molecule has 0 atom stereocenters. The zero-order valence-electron chi connectivity index (χ0n) is 15.1. The van der Waals surface area contributed by atoms with Crippen LogP contribution in [0.2, 0.25) is 5.02 Å². The smallest absolute Gasteiger partial charge is 0.255 e. The number of methoxy groups -OCH3 is 2. The first-order valence-electron chi connectivity index (χ1n) is 8.08. The zero-order valence-corrected chi connectivity index (χ0v) is 16.6. The molecule has 27 heavy (non-hydrogen) atoms. The second kappa shape index (κ2) is 7.28. The van der Waals surface area contributed by atoms with E-state index in [9.17, 15) is 13.2 Å². The Balaban J connectivity index is 1.87. The number of nitrogens with zero attached hydrogens (tertiary/aromatic N) is 1. The fraction of sp³-hybridized carbons (Fsp3) is 0.278. The Bertz CT molecular complexity index is 1010. The summed E-state index contributed by atoms with van der Waals surface area (Å²) in [5.41, 5.74) is 2.25. The van der Waals surface area contributed by atoms with E-state index in [2.05, 4.69) is 5.32 Å². The minimum atomic E-state index is -3.33. The highest BCUT2D eigenvalue weighted by Crippen LogP contribution is 2.36. The van der Waals surface area contributed by atoms with E-state index in [-0.39, 0.29) is 5.91 Å². The molecule has 7 nitrogen and oxygen atoms in total. The molecule has 1 amide bonds. The summed E-state index contributed by atoms with van der Waals surface area (Å²) >= 11 is 6.13. The van der Waals surface area contributed by atoms with Crippen LogP contribution in [-0.2, 0) is 16.4 Å². The van der Waals surface area contributed by atoms with Crippen molar-refractivity contribution in [1.29, 1.82) is 0 Å². The number of benzene rings is 2. The highest BCUT2D eigenvalue weighted by molar-refractivity contribution is 7.92. The first kappa shape index (κ1) is 19.3. The predicted molar refractivity (Wildman–Crippen MR) is 105 cm³/mol. The second-order valence-electron chi connectivity index (χ2n) is 6.07. The molecule has 0 bridgehead atoms. The van der Waals surface area contributed by atoms with Crippen molar-refractivity contribution in [2.24, 2.45) is 0 Å². The van der Waals surface area contributed by atoms with Crippen LogP contribution >= 0.6 is 11.6 Å². The van der Waals surface area contributed by atoms with Crippen LogP contribution in [0.15, 0.2) is 30.3 Å². The summed E-state index contributed by atoms with van der Waals surface area (Å²) in [6.45, 7) is 0.376. The molecular formula is C18H19ClN2O5S. The van der Waals surface area contributed by atoms with Crippen LogP contribution in [0, 0.1) is 0 Å². The van der Waals surface area contributed by atoms with E-state index in [1.165, 1.54) is 24.8 Å². The number of ether oxygens (including phenoxy) is 2. The van der Waals surface area contributed by atoms with Gasteiger partial charge in [-0.3, -0.25) is 9.10 Å². The lowest BCUT2D eigenvalue weighted by molar-refractivity contribution is 0.102. The van der Waals surface area contributed by atoms with Gasteiger partial charge in [0.15, 0.2) is 0 Å². The van der Waals surface area contributed by atoms with Gasteiger partial charge in [-0.05, 0) is 36.2 Å². The van der Waals surface area contributed by atoms with Crippen LogP contribution in [0.4, 0.5) is 11.4 Å². The molecule has 9 heteroatoms. The van der Waals surface area contributed by atoms with Crippen molar-refractivity contribution in [2.75, 3.05) is 36.6 Å². The van der Waals surface area contributed by atoms with Crippen molar-refractivity contribution in [3.63, 3.8) is 0 Å². The molecule has 2 aromatic rings. The van der Waals surface area contributed by atoms with Crippen LogP contribution in [0.5, 0.6) is 11.5 Å². The van der Waals surface area contributed by atoms with E-state index in [0.717, 1.165) is 5.56 Å². The molecule has 0 saturated heterocycles. The first-order valence-corrected chi connectivity index (χ1v) is 10.3. The average molecular weight is 411 g/mol. The number of carbonyl (C=O) groups excluding carboxylic acids is 1. The number of amides is 1. The maximum Gasteiger partial charge on any atom is 0.255 e. The Morgan fingerprint density at radius 2 is 1.85 bits per heavy atom. The van der Waals surface area contributed by atoms with Gasteiger partial charge in [0.05, 0.1) is 36.9 Å². The van der Waals surface area contributed by atoms with E-state index < -0.39 is 10.0 Å². The van der Waals surface area contributed by atoms with E-state index in [0.29, 0.717) is 46.4 Å². The largest absolute Gasteiger partial charge is 0.495 e. The van der Waals surface area contributed by atoms with Crippen LogP contribution in [0.25, 0.3) is 0 Å². The number of halogens is 1. The Morgan fingerprint density at radius 1 is 1.15 bits per heavy atom. The van der Waals surface area contributed by atoms with Gasteiger partial charge in [0, 0.05) is 18.2 Å². The highest BCUT2D eigenvalue weighted by Gasteiger charge is 2.27. The molecular weight excluding hydrogens is 392 g/mol. The number of anilines is 2. The quantitative estimate of drug-likeness (QED) is 0.819. The summed E-state index contributed by atoms with van der Waals surface area (Å²) in [4.78, 5) is 12.7. The monoisotopic (exact) mass is 410 g/mol. The molecule has 3 rings (SSSR count). The van der Waals surface area contributed by atoms with E-state index in [4.69, 9.17) is 21.1 Å². The Labute approximate surface area is 162 Å². The molecule has 1 N–H and O–H groups in total. The van der Waals surface area contributed by atoms with Gasteiger partial charge in [0.2, 0.25) is 10.0 Å². The topological polar surface area (TPSA) is 84.9 Å². The van der Waals surface area contributed by atoms with Crippen molar-refractivity contribution in [3.05, 3.63) is 46.5 Å². The molecule has 0 saturated carbocycles. The number of hydrogen-bond donors (Lipinski definition) is 1. The van der Waals surface area contributed by atoms with Crippen molar-refractivity contribution >= 4 is 38.9 Å². The zero-order chi connectivity index (χ0) is 19.8. The lowest BCUT2D eigenvalue weighted by Gasteiger charge is -2.16. The maximum atomic E-state index is 12.7. The Kier molecular flexibility index (Phi) is 5.21. The number of carbonyl (C=O) groups is 1. The summed E-state index contributed by atoms with van der Waals surface area (Å²) in [5, 5.41) is 3.11. The molecule has 1 aliphatic heterocycles. The van der Waals surface area contributed by atoms with Crippen LogP contribution < -0.4 is 19.1 Å². The molecule has 0 fully saturated rings. The summed E-state index contributed by atoms with van der Waals surface area (Å²) in [7, 11) is -0.359. The van der Waals surface area contributed by atoms with Crippen molar-refractivity contribution in [3.8, 4) is 11.5 Å². The van der Waals surface area contributed by atoms with Gasteiger partial charge in [-0.2, -0.15) is 0 Å². The molecule has 1 aliphatic rings. The van der Waals surface area contributed by atoms with Gasteiger partial charge in [-0.1, -0.05) is 11.6 Å². The SMILES string of the molecule is COc1cc(OC)c(NC(=O)c2ccc3c(c2)CCN3S(C)(=O)=O)cc1Cl. The van der Waals surface area contributed by atoms with Crippen LogP contribution in [0.1, 0.15) is 15.9 Å². The molecule has 0 radical (unpaired) electrons. The fourth-order valence-corrected chi connectivity index (χ4v) is 4.21. The molecule has 0 aliphatic carbocycles. The van der Waals surface area contributed by atoms with Gasteiger partial charge in [-0.25, -0.2) is 8.42 Å². The lowest BCUT2D eigenvalue weighted by Crippen LogP contribution is -2.27. The Morgan fingerprint density at radius 3 is 2.48 bits per heavy atom. The standard InChI is InChI=1S/C18H19ClN2O5S/c1-25-16-10-17(26-2)14(9-13(16)19)20-18(22)12-4-5-15-11(8-12)6-7-21(15)27(3,23)24/h4-5,8-10H,6-7H2,1-3H3,(H,20,22).